The Balaban J connectivity index is 2.08. The fraction of sp³-hybridized carbons (Fsp3) is 0.222. The molecule has 0 aromatic heterocycles. The van der Waals surface area contributed by atoms with E-state index in [9.17, 15) is 4.79 Å². The summed E-state index contributed by atoms with van der Waals surface area (Å²) in [5, 5.41) is 5.92. The number of thiocarbonyl (C=S) groups is 1. The number of hydrogen-bond acceptors (Lipinski definition) is 3. The van der Waals surface area contributed by atoms with Crippen molar-refractivity contribution in [2.45, 2.75) is 26.9 Å². The molecule has 0 spiro atoms. The highest BCUT2D eigenvalue weighted by molar-refractivity contribution is 9.10. The van der Waals surface area contributed by atoms with Gasteiger partial charge in [0.2, 0.25) is 0 Å². The van der Waals surface area contributed by atoms with E-state index in [1.807, 2.05) is 45.0 Å². The fourth-order valence-electron chi connectivity index (χ4n) is 2.06. The van der Waals surface area contributed by atoms with Gasteiger partial charge >= 0.3 is 0 Å². The number of anilines is 1. The summed E-state index contributed by atoms with van der Waals surface area (Å²) in [6, 6.07) is 12.9. The van der Waals surface area contributed by atoms with Crippen molar-refractivity contribution < 1.29 is 9.53 Å². The van der Waals surface area contributed by atoms with Crippen molar-refractivity contribution in [2.24, 2.45) is 0 Å². The van der Waals surface area contributed by atoms with Gasteiger partial charge in [0.15, 0.2) is 5.11 Å². The maximum absolute atomic E-state index is 12.5. The Morgan fingerprint density at radius 1 is 1.21 bits per heavy atom. The molecule has 0 bridgehead atoms. The number of carbonyl (C=O) groups excluding carboxylic acids is 1. The third-order valence-electron chi connectivity index (χ3n) is 3.09. The van der Waals surface area contributed by atoms with Gasteiger partial charge < -0.3 is 10.1 Å². The maximum Gasteiger partial charge on any atom is 0.261 e. The molecule has 0 radical (unpaired) electrons. The van der Waals surface area contributed by atoms with E-state index >= 15 is 0 Å². The van der Waals surface area contributed by atoms with Crippen LogP contribution in [-0.2, 0) is 0 Å². The van der Waals surface area contributed by atoms with Crippen LogP contribution in [0.4, 0.5) is 5.69 Å². The zero-order valence-electron chi connectivity index (χ0n) is 13.7. The molecule has 6 heteroatoms. The van der Waals surface area contributed by atoms with Crippen LogP contribution in [-0.4, -0.2) is 17.1 Å². The van der Waals surface area contributed by atoms with Crippen LogP contribution in [0.3, 0.4) is 0 Å². The van der Waals surface area contributed by atoms with E-state index in [1.54, 1.807) is 18.2 Å². The van der Waals surface area contributed by atoms with Gasteiger partial charge in [-0.05, 0) is 78.7 Å². The van der Waals surface area contributed by atoms with Crippen LogP contribution in [0.5, 0.6) is 5.75 Å². The molecule has 0 unspecified atom stereocenters. The number of rotatable bonds is 4. The smallest absolute Gasteiger partial charge is 0.261 e. The van der Waals surface area contributed by atoms with Gasteiger partial charge in [-0.1, -0.05) is 18.2 Å². The summed E-state index contributed by atoms with van der Waals surface area (Å²) in [6.07, 6.45) is -0.0208. The van der Waals surface area contributed by atoms with Crippen LogP contribution in [0, 0.1) is 6.92 Å². The molecular weight excluding hydrogens is 388 g/mol. The van der Waals surface area contributed by atoms with Gasteiger partial charge in [-0.25, -0.2) is 0 Å². The highest BCUT2D eigenvalue weighted by Gasteiger charge is 2.14. The van der Waals surface area contributed by atoms with E-state index in [0.29, 0.717) is 11.3 Å². The molecule has 0 aliphatic rings. The molecule has 126 valence electrons. The highest BCUT2D eigenvalue weighted by atomic mass is 79.9. The first-order valence-electron chi connectivity index (χ1n) is 7.51. The second kappa shape index (κ2) is 8.26. The zero-order chi connectivity index (χ0) is 17.7. The molecule has 0 saturated carbocycles. The van der Waals surface area contributed by atoms with E-state index in [0.717, 1.165) is 15.7 Å². The van der Waals surface area contributed by atoms with E-state index in [-0.39, 0.29) is 17.1 Å². The Morgan fingerprint density at radius 2 is 1.92 bits per heavy atom. The average molecular weight is 407 g/mol. The molecule has 0 aliphatic heterocycles. The minimum absolute atomic E-state index is 0.0208. The van der Waals surface area contributed by atoms with Gasteiger partial charge in [0.25, 0.3) is 5.91 Å². The van der Waals surface area contributed by atoms with Crippen LogP contribution < -0.4 is 15.4 Å². The van der Waals surface area contributed by atoms with Gasteiger partial charge in [0.1, 0.15) is 5.75 Å². The topological polar surface area (TPSA) is 50.4 Å². The fourth-order valence-corrected chi connectivity index (χ4v) is 2.85. The first kappa shape index (κ1) is 18.4. The Bertz CT molecular complexity index is 762. The van der Waals surface area contributed by atoms with Gasteiger partial charge in [0, 0.05) is 4.47 Å². The predicted octanol–water partition coefficient (Wildman–Crippen LogP) is 4.67. The summed E-state index contributed by atoms with van der Waals surface area (Å²) in [4.78, 5) is 12.5. The van der Waals surface area contributed by atoms with Crippen molar-refractivity contribution in [3.05, 3.63) is 58.1 Å². The molecule has 0 heterocycles. The van der Waals surface area contributed by atoms with E-state index in [1.165, 1.54) is 0 Å². The molecule has 2 N–H and O–H groups in total. The molecule has 24 heavy (non-hydrogen) atoms. The Kier molecular flexibility index (Phi) is 6.34. The number of amides is 1. The van der Waals surface area contributed by atoms with E-state index < -0.39 is 0 Å². The summed E-state index contributed by atoms with van der Waals surface area (Å²) in [7, 11) is 0. The molecule has 0 fully saturated rings. The minimum Gasteiger partial charge on any atom is -0.490 e. The van der Waals surface area contributed by atoms with Gasteiger partial charge in [-0.3, -0.25) is 10.1 Å². The molecule has 0 atom stereocenters. The number of para-hydroxylation sites is 1. The number of nitrogens with one attached hydrogen (secondary N) is 2. The van der Waals surface area contributed by atoms with Crippen molar-refractivity contribution >= 4 is 44.9 Å². The van der Waals surface area contributed by atoms with Crippen molar-refractivity contribution in [2.75, 3.05) is 5.32 Å². The van der Waals surface area contributed by atoms with Crippen molar-refractivity contribution in [1.29, 1.82) is 0 Å². The Labute approximate surface area is 155 Å². The van der Waals surface area contributed by atoms with Gasteiger partial charge in [-0.2, -0.15) is 0 Å². The molecule has 1 amide bonds. The van der Waals surface area contributed by atoms with E-state index in [4.69, 9.17) is 17.0 Å². The van der Waals surface area contributed by atoms with Crippen molar-refractivity contribution in [3.63, 3.8) is 0 Å². The first-order chi connectivity index (χ1) is 11.4. The summed E-state index contributed by atoms with van der Waals surface area (Å²) >= 11 is 8.70. The summed E-state index contributed by atoms with van der Waals surface area (Å²) in [5.41, 5.74) is 2.36. The van der Waals surface area contributed by atoms with Crippen LogP contribution >= 0.6 is 28.1 Å². The lowest BCUT2D eigenvalue weighted by atomic mass is 10.2. The lowest BCUT2D eigenvalue weighted by molar-refractivity contribution is 0.0972. The summed E-state index contributed by atoms with van der Waals surface area (Å²) in [5.74, 6) is 0.219. The number of carbonyl (C=O) groups is 1. The normalized spacial score (nSPS) is 10.4. The summed E-state index contributed by atoms with van der Waals surface area (Å²) < 4.78 is 6.54. The molecule has 2 aromatic rings. The largest absolute Gasteiger partial charge is 0.490 e. The monoisotopic (exact) mass is 406 g/mol. The second-order valence-corrected chi connectivity index (χ2v) is 6.82. The lowest BCUT2D eigenvalue weighted by Gasteiger charge is -2.15. The average Bonchev–Trinajstić information content (AvgIpc) is 2.50. The SMILES string of the molecule is Cc1ccc(NC(=S)NC(=O)c2ccccc2OC(C)C)c(Br)c1. The number of benzene rings is 2. The first-order valence-corrected chi connectivity index (χ1v) is 8.71. The number of aryl methyl sites for hydroxylation is 1. The van der Waals surface area contributed by atoms with Crippen LogP contribution in [0.15, 0.2) is 46.9 Å². The molecule has 0 saturated heterocycles. The quantitative estimate of drug-likeness (QED) is 0.724. The van der Waals surface area contributed by atoms with Gasteiger partial charge in [-0.15, -0.1) is 0 Å². The predicted molar refractivity (Wildman–Crippen MR) is 105 cm³/mol. The standard InChI is InChI=1S/C18H19BrN2O2S/c1-11(2)23-16-7-5-4-6-13(16)17(22)21-18(24)20-15-9-8-12(3)10-14(15)19/h4-11H,1-3H3,(H2,20,21,22,24). The molecule has 4 nitrogen and oxygen atoms in total. The molecule has 2 aromatic carbocycles. The molecule has 2 rings (SSSR count). The third kappa shape index (κ3) is 5.04. The van der Waals surface area contributed by atoms with Crippen LogP contribution in [0.25, 0.3) is 0 Å². The highest BCUT2D eigenvalue weighted by Crippen LogP contribution is 2.23. The number of hydrogen-bond donors (Lipinski definition) is 2. The lowest BCUT2D eigenvalue weighted by Crippen LogP contribution is -2.34. The molecular formula is C18H19BrN2O2S. The Hall–Kier alpha value is -1.92. The van der Waals surface area contributed by atoms with Crippen LogP contribution in [0.2, 0.25) is 0 Å². The minimum atomic E-state index is -0.313. The number of ether oxygens (including phenoxy) is 1. The number of halogens is 1. The van der Waals surface area contributed by atoms with Crippen molar-refractivity contribution in [3.8, 4) is 5.75 Å². The molecule has 0 aliphatic carbocycles. The second-order valence-electron chi connectivity index (χ2n) is 5.55. The van der Waals surface area contributed by atoms with Crippen LogP contribution in [0.1, 0.15) is 29.8 Å². The van der Waals surface area contributed by atoms with Gasteiger partial charge in [0.05, 0.1) is 17.4 Å². The van der Waals surface area contributed by atoms with E-state index in [2.05, 4.69) is 26.6 Å². The zero-order valence-corrected chi connectivity index (χ0v) is 16.1. The Morgan fingerprint density at radius 3 is 2.58 bits per heavy atom. The van der Waals surface area contributed by atoms with Crippen molar-refractivity contribution in [1.82, 2.24) is 5.32 Å². The maximum atomic E-state index is 12.5. The third-order valence-corrected chi connectivity index (χ3v) is 3.95. The summed E-state index contributed by atoms with van der Waals surface area (Å²) in [6.45, 7) is 5.83.